The molecule has 0 aliphatic rings. The van der Waals surface area contributed by atoms with Crippen LogP contribution in [-0.2, 0) is 10.0 Å². The van der Waals surface area contributed by atoms with Crippen LogP contribution in [0.25, 0.3) is 0 Å². The van der Waals surface area contributed by atoms with Crippen molar-refractivity contribution in [3.05, 3.63) is 61.9 Å². The van der Waals surface area contributed by atoms with Crippen molar-refractivity contribution in [2.24, 2.45) is 0 Å². The molecular weight excluding hydrogens is 370 g/mol. The minimum Gasteiger partial charge on any atom is -0.277 e. The van der Waals surface area contributed by atoms with E-state index in [9.17, 15) is 22.9 Å². The van der Waals surface area contributed by atoms with Crippen LogP contribution in [0.1, 0.15) is 5.56 Å². The fraction of sp³-hybridized carbons (Fsp3) is 0.0769. The zero-order valence-corrected chi connectivity index (χ0v) is 13.8. The highest BCUT2D eigenvalue weighted by Crippen LogP contribution is 2.31. The number of halogens is 3. The molecule has 0 fully saturated rings. The number of nitrogens with one attached hydrogen (secondary N) is 1. The van der Waals surface area contributed by atoms with E-state index in [1.54, 1.807) is 0 Å². The zero-order chi connectivity index (χ0) is 17.4. The van der Waals surface area contributed by atoms with E-state index in [1.807, 2.05) is 4.72 Å². The smallest absolute Gasteiger partial charge is 0.275 e. The molecule has 10 heteroatoms. The largest absolute Gasteiger partial charge is 0.277 e. The molecule has 6 nitrogen and oxygen atoms in total. The fourth-order valence-electron chi connectivity index (χ4n) is 1.76. The van der Waals surface area contributed by atoms with Crippen LogP contribution in [0.3, 0.4) is 0 Å². The first-order chi connectivity index (χ1) is 10.6. The minimum absolute atomic E-state index is 0.0869. The maximum Gasteiger partial charge on any atom is 0.275 e. The van der Waals surface area contributed by atoms with Crippen molar-refractivity contribution >= 4 is 44.6 Å². The van der Waals surface area contributed by atoms with Crippen molar-refractivity contribution < 1.29 is 17.7 Å². The number of nitro groups is 1. The van der Waals surface area contributed by atoms with Crippen LogP contribution in [0.4, 0.5) is 15.8 Å². The summed E-state index contributed by atoms with van der Waals surface area (Å²) in [5.41, 5.74) is -0.656. The van der Waals surface area contributed by atoms with Crippen LogP contribution in [0.15, 0.2) is 35.2 Å². The number of nitro benzene ring substituents is 1. The highest BCUT2D eigenvalue weighted by atomic mass is 35.5. The molecule has 2 rings (SSSR count). The van der Waals surface area contributed by atoms with E-state index in [1.165, 1.54) is 13.0 Å². The quantitative estimate of drug-likeness (QED) is 0.638. The summed E-state index contributed by atoms with van der Waals surface area (Å²) in [6.45, 7) is 1.39. The van der Waals surface area contributed by atoms with E-state index in [4.69, 9.17) is 23.2 Å². The molecule has 0 heterocycles. The Morgan fingerprint density at radius 2 is 1.87 bits per heavy atom. The van der Waals surface area contributed by atoms with Crippen LogP contribution in [0.5, 0.6) is 0 Å². The number of sulfonamides is 1. The third kappa shape index (κ3) is 3.72. The number of hydrogen-bond donors (Lipinski definition) is 1. The lowest BCUT2D eigenvalue weighted by molar-refractivity contribution is -0.385. The zero-order valence-electron chi connectivity index (χ0n) is 11.5. The van der Waals surface area contributed by atoms with Gasteiger partial charge in [-0.15, -0.1) is 0 Å². The molecule has 0 aromatic heterocycles. The standard InChI is InChI=1S/C13H9Cl2FN2O4S/c1-7-10(15)5-9(6-13(7)18(19)20)23(21,22)17-12-3-2-8(14)4-11(12)16/h2-6,17H,1H3. The van der Waals surface area contributed by atoms with Gasteiger partial charge in [0.05, 0.1) is 20.5 Å². The average Bonchev–Trinajstić information content (AvgIpc) is 2.44. The van der Waals surface area contributed by atoms with Crippen molar-refractivity contribution in [3.8, 4) is 0 Å². The summed E-state index contributed by atoms with van der Waals surface area (Å²) in [7, 11) is -4.27. The van der Waals surface area contributed by atoms with Gasteiger partial charge in [0.1, 0.15) is 5.82 Å². The van der Waals surface area contributed by atoms with Crippen LogP contribution in [-0.4, -0.2) is 13.3 Å². The Labute approximate surface area is 141 Å². The van der Waals surface area contributed by atoms with E-state index in [2.05, 4.69) is 0 Å². The van der Waals surface area contributed by atoms with Gasteiger partial charge in [-0.25, -0.2) is 12.8 Å². The summed E-state index contributed by atoms with van der Waals surface area (Å²) in [6.07, 6.45) is 0. The second kappa shape index (κ2) is 6.31. The Morgan fingerprint density at radius 3 is 2.43 bits per heavy atom. The Bertz CT molecular complexity index is 903. The molecule has 0 bridgehead atoms. The SMILES string of the molecule is Cc1c(Cl)cc(S(=O)(=O)Nc2ccc(Cl)cc2F)cc1[N+](=O)[O-]. The molecule has 0 saturated heterocycles. The third-order valence-electron chi connectivity index (χ3n) is 2.97. The van der Waals surface area contributed by atoms with Crippen molar-refractivity contribution in [2.45, 2.75) is 11.8 Å². The molecule has 0 radical (unpaired) electrons. The van der Waals surface area contributed by atoms with Crippen LogP contribution in [0, 0.1) is 22.9 Å². The Kier molecular flexibility index (Phi) is 4.79. The number of nitrogens with zero attached hydrogens (tertiary/aromatic N) is 1. The van der Waals surface area contributed by atoms with E-state index in [0.29, 0.717) is 0 Å². The van der Waals surface area contributed by atoms with E-state index in [0.717, 1.165) is 24.3 Å². The first-order valence-electron chi connectivity index (χ1n) is 6.04. The molecule has 0 saturated carbocycles. The van der Waals surface area contributed by atoms with Crippen LogP contribution >= 0.6 is 23.2 Å². The summed E-state index contributed by atoms with van der Waals surface area (Å²) >= 11 is 11.4. The lowest BCUT2D eigenvalue weighted by Crippen LogP contribution is -2.14. The van der Waals surface area contributed by atoms with Crippen molar-refractivity contribution in [2.75, 3.05) is 4.72 Å². The first kappa shape index (κ1) is 17.5. The monoisotopic (exact) mass is 378 g/mol. The molecule has 0 aliphatic heterocycles. The van der Waals surface area contributed by atoms with Gasteiger partial charge in [-0.05, 0) is 31.2 Å². The lowest BCUT2D eigenvalue weighted by atomic mass is 10.2. The predicted octanol–water partition coefficient (Wildman–Crippen LogP) is 4.15. The Balaban J connectivity index is 2.50. The van der Waals surface area contributed by atoms with E-state index in [-0.39, 0.29) is 21.3 Å². The van der Waals surface area contributed by atoms with Gasteiger partial charge in [0.2, 0.25) is 0 Å². The van der Waals surface area contributed by atoms with Crippen LogP contribution in [0.2, 0.25) is 10.0 Å². The van der Waals surface area contributed by atoms with E-state index >= 15 is 0 Å². The molecule has 0 aliphatic carbocycles. The maximum atomic E-state index is 13.7. The van der Waals surface area contributed by atoms with Gasteiger partial charge < -0.3 is 0 Å². The highest BCUT2D eigenvalue weighted by molar-refractivity contribution is 7.92. The third-order valence-corrected chi connectivity index (χ3v) is 4.95. The number of benzene rings is 2. The lowest BCUT2D eigenvalue weighted by Gasteiger charge is -2.10. The van der Waals surface area contributed by atoms with Gasteiger partial charge in [-0.2, -0.15) is 0 Å². The summed E-state index contributed by atoms with van der Waals surface area (Å²) in [6, 6.07) is 5.29. The second-order valence-electron chi connectivity index (χ2n) is 4.54. The number of anilines is 1. The molecule has 0 amide bonds. The Morgan fingerprint density at radius 1 is 1.22 bits per heavy atom. The second-order valence-corrected chi connectivity index (χ2v) is 7.06. The van der Waals surface area contributed by atoms with Gasteiger partial charge in [0, 0.05) is 16.7 Å². The fourth-order valence-corrected chi connectivity index (χ4v) is 3.31. The maximum absolute atomic E-state index is 13.7. The highest BCUT2D eigenvalue weighted by Gasteiger charge is 2.23. The van der Waals surface area contributed by atoms with Gasteiger partial charge in [-0.3, -0.25) is 14.8 Å². The molecule has 23 heavy (non-hydrogen) atoms. The van der Waals surface area contributed by atoms with Crippen LogP contribution < -0.4 is 4.72 Å². The minimum atomic E-state index is -4.27. The normalized spacial score (nSPS) is 11.3. The summed E-state index contributed by atoms with van der Waals surface area (Å²) in [5.74, 6) is -0.881. The van der Waals surface area contributed by atoms with Gasteiger partial charge in [0.25, 0.3) is 15.7 Å². The van der Waals surface area contributed by atoms with Gasteiger partial charge in [0.15, 0.2) is 0 Å². The van der Waals surface area contributed by atoms with Crippen molar-refractivity contribution in [1.29, 1.82) is 0 Å². The van der Waals surface area contributed by atoms with Crippen molar-refractivity contribution in [3.63, 3.8) is 0 Å². The van der Waals surface area contributed by atoms with Crippen molar-refractivity contribution in [1.82, 2.24) is 0 Å². The molecule has 2 aromatic carbocycles. The summed E-state index contributed by atoms with van der Waals surface area (Å²) < 4.78 is 40.3. The van der Waals surface area contributed by atoms with Gasteiger partial charge >= 0.3 is 0 Å². The van der Waals surface area contributed by atoms with E-state index < -0.39 is 31.3 Å². The average molecular weight is 379 g/mol. The molecule has 1 N–H and O–H groups in total. The molecule has 122 valence electrons. The predicted molar refractivity (Wildman–Crippen MR) is 85.1 cm³/mol. The molecule has 2 aromatic rings. The summed E-state index contributed by atoms with van der Waals surface area (Å²) in [4.78, 5) is 9.76. The first-order valence-corrected chi connectivity index (χ1v) is 8.28. The number of hydrogen-bond acceptors (Lipinski definition) is 4. The van der Waals surface area contributed by atoms with Gasteiger partial charge in [-0.1, -0.05) is 23.2 Å². The molecular formula is C13H9Cl2FN2O4S. The topological polar surface area (TPSA) is 89.3 Å². The Hall–Kier alpha value is -1.90. The number of rotatable bonds is 4. The molecule has 0 atom stereocenters. The molecule has 0 spiro atoms. The summed E-state index contributed by atoms with van der Waals surface area (Å²) in [5, 5.41) is 11.0. The molecule has 0 unspecified atom stereocenters.